The minimum atomic E-state index is 0.473. The summed E-state index contributed by atoms with van der Waals surface area (Å²) >= 11 is 0. The summed E-state index contributed by atoms with van der Waals surface area (Å²) in [5.41, 5.74) is 10.6. The Morgan fingerprint density at radius 3 is 2.42 bits per heavy atom. The van der Waals surface area contributed by atoms with Crippen LogP contribution in [0.4, 0.5) is 5.82 Å². The largest absolute Gasteiger partial charge is 0.493 e. The second-order valence-electron chi connectivity index (χ2n) is 7.91. The molecule has 2 heterocycles. The van der Waals surface area contributed by atoms with E-state index < -0.39 is 0 Å². The molecule has 0 saturated carbocycles. The molecule has 0 radical (unpaired) electrons. The SMILES string of the molecule is COc1ccc(-c2cnn3c(N)c(-c4ccccc4)c(OCCCN(C)C)nc23)cc1OC. The van der Waals surface area contributed by atoms with Crippen molar-refractivity contribution in [3.63, 3.8) is 0 Å². The lowest BCUT2D eigenvalue weighted by Crippen LogP contribution is -2.16. The number of anilines is 1. The monoisotopic (exact) mass is 447 g/mol. The van der Waals surface area contributed by atoms with E-state index >= 15 is 0 Å². The molecule has 0 spiro atoms. The van der Waals surface area contributed by atoms with Crippen molar-refractivity contribution < 1.29 is 14.2 Å². The van der Waals surface area contributed by atoms with Crippen molar-refractivity contribution in [2.75, 3.05) is 47.2 Å². The molecule has 0 fully saturated rings. The van der Waals surface area contributed by atoms with E-state index in [1.807, 2.05) is 62.6 Å². The zero-order valence-electron chi connectivity index (χ0n) is 19.4. The molecule has 2 N–H and O–H groups in total. The second-order valence-corrected chi connectivity index (χ2v) is 7.91. The molecule has 0 amide bonds. The first-order chi connectivity index (χ1) is 16.0. The van der Waals surface area contributed by atoms with Crippen molar-refractivity contribution >= 4 is 11.5 Å². The Kier molecular flexibility index (Phi) is 6.65. The molecule has 4 aromatic rings. The number of nitrogens with two attached hydrogens (primary N) is 1. The maximum atomic E-state index is 6.62. The molecular formula is C25H29N5O3. The molecular weight excluding hydrogens is 418 g/mol. The second kappa shape index (κ2) is 9.79. The summed E-state index contributed by atoms with van der Waals surface area (Å²) in [4.78, 5) is 7.00. The maximum Gasteiger partial charge on any atom is 0.227 e. The van der Waals surface area contributed by atoms with E-state index in [4.69, 9.17) is 24.9 Å². The predicted octanol–water partition coefficient (Wildman–Crippen LogP) is 3.99. The molecule has 0 aliphatic rings. The number of benzene rings is 2. The van der Waals surface area contributed by atoms with Gasteiger partial charge in [0.15, 0.2) is 17.1 Å². The van der Waals surface area contributed by atoms with Crippen LogP contribution in [0.1, 0.15) is 6.42 Å². The van der Waals surface area contributed by atoms with Crippen molar-refractivity contribution in [3.05, 3.63) is 54.7 Å². The van der Waals surface area contributed by atoms with Gasteiger partial charge in [-0.2, -0.15) is 14.6 Å². The summed E-state index contributed by atoms with van der Waals surface area (Å²) in [7, 11) is 7.30. The number of hydrogen-bond acceptors (Lipinski definition) is 7. The zero-order valence-corrected chi connectivity index (χ0v) is 19.4. The fraction of sp³-hybridized carbons (Fsp3) is 0.280. The van der Waals surface area contributed by atoms with Gasteiger partial charge in [0.05, 0.1) is 32.6 Å². The minimum Gasteiger partial charge on any atom is -0.493 e. The lowest BCUT2D eigenvalue weighted by Gasteiger charge is -2.15. The van der Waals surface area contributed by atoms with Crippen molar-refractivity contribution in [1.29, 1.82) is 0 Å². The molecule has 2 aromatic heterocycles. The van der Waals surface area contributed by atoms with Gasteiger partial charge < -0.3 is 24.8 Å². The first-order valence-electron chi connectivity index (χ1n) is 10.8. The smallest absolute Gasteiger partial charge is 0.227 e. The van der Waals surface area contributed by atoms with Crippen LogP contribution in [0.15, 0.2) is 54.7 Å². The Bertz CT molecular complexity index is 1240. The Hall–Kier alpha value is -3.78. The molecule has 0 aliphatic heterocycles. The summed E-state index contributed by atoms with van der Waals surface area (Å²) in [6, 6.07) is 15.6. The van der Waals surface area contributed by atoms with Gasteiger partial charge in [-0.3, -0.25) is 0 Å². The van der Waals surface area contributed by atoms with Gasteiger partial charge in [0.2, 0.25) is 5.88 Å². The standard InChI is InChI=1S/C25H29N5O3/c1-29(2)13-8-14-33-25-22(17-9-6-5-7-10-17)23(26)30-24(28-25)19(16-27-30)18-11-12-20(31-3)21(15-18)32-4/h5-7,9-12,15-16H,8,13-14,26H2,1-4H3. The number of nitrogens with zero attached hydrogens (tertiary/aromatic N) is 4. The molecule has 172 valence electrons. The normalized spacial score (nSPS) is 11.2. The Morgan fingerprint density at radius 1 is 0.970 bits per heavy atom. The Balaban J connectivity index is 1.83. The topological polar surface area (TPSA) is 87.1 Å². The highest BCUT2D eigenvalue weighted by atomic mass is 16.5. The number of aromatic nitrogens is 3. The van der Waals surface area contributed by atoms with Crippen LogP contribution in [0, 0.1) is 0 Å². The summed E-state index contributed by atoms with van der Waals surface area (Å²) < 4.78 is 18.7. The summed E-state index contributed by atoms with van der Waals surface area (Å²) in [5.74, 6) is 2.25. The van der Waals surface area contributed by atoms with Crippen LogP contribution in [0.2, 0.25) is 0 Å². The van der Waals surface area contributed by atoms with Crippen molar-refractivity contribution in [2.45, 2.75) is 6.42 Å². The Morgan fingerprint density at radius 2 is 1.73 bits per heavy atom. The van der Waals surface area contributed by atoms with Gasteiger partial charge in [0.1, 0.15) is 5.82 Å². The first-order valence-corrected chi connectivity index (χ1v) is 10.8. The molecule has 0 atom stereocenters. The third-order valence-electron chi connectivity index (χ3n) is 5.39. The number of nitrogen functional groups attached to an aromatic ring is 1. The quantitative estimate of drug-likeness (QED) is 0.388. The molecule has 0 unspecified atom stereocenters. The predicted molar refractivity (Wildman–Crippen MR) is 130 cm³/mol. The Labute approximate surface area is 193 Å². The van der Waals surface area contributed by atoms with Gasteiger partial charge in [-0.1, -0.05) is 36.4 Å². The van der Waals surface area contributed by atoms with E-state index in [2.05, 4.69) is 10.00 Å². The number of hydrogen-bond donors (Lipinski definition) is 1. The lowest BCUT2D eigenvalue weighted by atomic mass is 10.1. The minimum absolute atomic E-state index is 0.473. The van der Waals surface area contributed by atoms with Crippen molar-refractivity contribution in [2.24, 2.45) is 0 Å². The van der Waals surface area contributed by atoms with Crippen LogP contribution < -0.4 is 19.9 Å². The average Bonchev–Trinajstić information content (AvgIpc) is 3.26. The molecule has 2 aromatic carbocycles. The van der Waals surface area contributed by atoms with Crippen LogP contribution in [0.3, 0.4) is 0 Å². The maximum absolute atomic E-state index is 6.62. The summed E-state index contributed by atoms with van der Waals surface area (Å²) in [6.45, 7) is 1.45. The van der Waals surface area contributed by atoms with E-state index in [0.29, 0.717) is 35.5 Å². The van der Waals surface area contributed by atoms with Crippen LogP contribution in [0.25, 0.3) is 27.9 Å². The lowest BCUT2D eigenvalue weighted by molar-refractivity contribution is 0.274. The van der Waals surface area contributed by atoms with E-state index in [-0.39, 0.29) is 0 Å². The third-order valence-corrected chi connectivity index (χ3v) is 5.39. The molecule has 0 bridgehead atoms. The van der Waals surface area contributed by atoms with Crippen LogP contribution in [0.5, 0.6) is 17.4 Å². The van der Waals surface area contributed by atoms with Gasteiger partial charge in [0, 0.05) is 12.1 Å². The summed E-state index contributed by atoms with van der Waals surface area (Å²) in [5, 5.41) is 4.53. The molecule has 0 aliphatic carbocycles. The number of ether oxygens (including phenoxy) is 3. The molecule has 0 saturated heterocycles. The summed E-state index contributed by atoms with van der Waals surface area (Å²) in [6.07, 6.45) is 2.63. The highest BCUT2D eigenvalue weighted by Crippen LogP contribution is 2.38. The number of rotatable bonds is 9. The average molecular weight is 448 g/mol. The highest BCUT2D eigenvalue weighted by molar-refractivity contribution is 5.85. The van der Waals surface area contributed by atoms with Crippen LogP contribution in [-0.4, -0.2) is 61.0 Å². The van der Waals surface area contributed by atoms with Crippen LogP contribution >= 0.6 is 0 Å². The van der Waals surface area contributed by atoms with E-state index in [0.717, 1.165) is 35.2 Å². The molecule has 8 heteroatoms. The van der Waals surface area contributed by atoms with Gasteiger partial charge in [0.25, 0.3) is 0 Å². The van der Waals surface area contributed by atoms with Gasteiger partial charge in [-0.05, 0) is 43.8 Å². The van der Waals surface area contributed by atoms with Gasteiger partial charge in [-0.15, -0.1) is 0 Å². The van der Waals surface area contributed by atoms with E-state index in [9.17, 15) is 0 Å². The highest BCUT2D eigenvalue weighted by Gasteiger charge is 2.20. The van der Waals surface area contributed by atoms with E-state index in [1.165, 1.54) is 0 Å². The fourth-order valence-corrected chi connectivity index (χ4v) is 3.73. The van der Waals surface area contributed by atoms with E-state index in [1.54, 1.807) is 24.9 Å². The molecule has 4 rings (SSSR count). The van der Waals surface area contributed by atoms with Gasteiger partial charge in [-0.25, -0.2) is 0 Å². The molecule has 8 nitrogen and oxygen atoms in total. The molecule has 33 heavy (non-hydrogen) atoms. The number of methoxy groups -OCH3 is 2. The number of fused-ring (bicyclic) bond motifs is 1. The third kappa shape index (κ3) is 4.56. The fourth-order valence-electron chi connectivity index (χ4n) is 3.73. The van der Waals surface area contributed by atoms with Crippen molar-refractivity contribution in [3.8, 4) is 39.6 Å². The van der Waals surface area contributed by atoms with Crippen LogP contribution in [-0.2, 0) is 0 Å². The van der Waals surface area contributed by atoms with Crippen molar-refractivity contribution in [1.82, 2.24) is 19.5 Å². The first kappa shape index (κ1) is 22.4. The zero-order chi connectivity index (χ0) is 23.4. The van der Waals surface area contributed by atoms with Gasteiger partial charge >= 0.3 is 0 Å².